The van der Waals surface area contributed by atoms with Gasteiger partial charge in [0.1, 0.15) is 12.4 Å². The van der Waals surface area contributed by atoms with Crippen LogP contribution in [0.25, 0.3) is 0 Å². The van der Waals surface area contributed by atoms with E-state index in [2.05, 4.69) is 54.7 Å². The Morgan fingerprint density at radius 2 is 1.61 bits per heavy atom. The van der Waals surface area contributed by atoms with Crippen LogP contribution in [0.15, 0.2) is 24.3 Å². The third kappa shape index (κ3) is 9.72. The smallest absolute Gasteiger partial charge is 0.345 e. The Morgan fingerprint density at radius 3 is 2.22 bits per heavy atom. The van der Waals surface area contributed by atoms with E-state index in [0.29, 0.717) is 0 Å². The summed E-state index contributed by atoms with van der Waals surface area (Å²) in [4.78, 5) is 11.6. The minimum Gasteiger partial charge on any atom is -0.494 e. The van der Waals surface area contributed by atoms with E-state index in [1.807, 2.05) is 24.3 Å². The van der Waals surface area contributed by atoms with E-state index in [4.69, 9.17) is 9.47 Å². The second-order valence-corrected chi connectivity index (χ2v) is 12.1. The summed E-state index contributed by atoms with van der Waals surface area (Å²) in [6.07, 6.45) is 7.53. The first kappa shape index (κ1) is 21.0. The molecule has 0 spiro atoms. The Labute approximate surface area is 163 Å². The number of esters is 1. The van der Waals surface area contributed by atoms with Crippen molar-refractivity contribution in [2.45, 2.75) is 54.2 Å². The number of carbonyl (C=O) groups excluding carboxylic acids is 1. The Bertz CT molecular complexity index is 455. The van der Waals surface area contributed by atoms with Crippen LogP contribution in [0.4, 0.5) is 0 Å². The molecule has 0 fully saturated rings. The number of ether oxygens (including phenoxy) is 2. The van der Waals surface area contributed by atoms with Gasteiger partial charge < -0.3 is 9.47 Å². The first-order chi connectivity index (χ1) is 10.9. The molecule has 130 valence electrons. The minimum atomic E-state index is -1.02. The lowest BCUT2D eigenvalue weighted by atomic mass is 10.1. The zero-order valence-electron chi connectivity index (χ0n) is 13.3. The van der Waals surface area contributed by atoms with Crippen LogP contribution in [0.1, 0.15) is 51.0 Å². The van der Waals surface area contributed by atoms with Gasteiger partial charge in [-0.1, -0.05) is 51.2 Å². The molecule has 0 bridgehead atoms. The van der Waals surface area contributed by atoms with Crippen molar-refractivity contribution in [1.29, 1.82) is 0 Å². The molecule has 6 heteroatoms. The lowest BCUT2D eigenvalue weighted by Crippen LogP contribution is -2.19. The van der Waals surface area contributed by atoms with E-state index in [1.54, 1.807) is 0 Å². The maximum absolute atomic E-state index is 11.6. The first-order valence-electron chi connectivity index (χ1n) is 7.89. The zero-order valence-corrected chi connectivity index (χ0v) is 18.1. The van der Waals surface area contributed by atoms with Crippen molar-refractivity contribution in [3.05, 3.63) is 29.8 Å². The standard InChI is InChI=1S/C17H23Br3O3/c1-2-3-4-5-6-7-12-22-15-10-8-14(9-11-15)13-23-16(21)17(18,19)20/h8-11H,2-7,12-13H2,1H3. The van der Waals surface area contributed by atoms with E-state index in [9.17, 15) is 4.79 Å². The Hall–Kier alpha value is -0.0700. The second-order valence-electron chi connectivity index (χ2n) is 5.33. The van der Waals surface area contributed by atoms with Gasteiger partial charge in [-0.05, 0) is 71.9 Å². The number of hydrogen-bond acceptors (Lipinski definition) is 3. The lowest BCUT2D eigenvalue weighted by Gasteiger charge is -2.12. The molecular formula is C17H23Br3O3. The number of unbranched alkanes of at least 4 members (excludes halogenated alkanes) is 5. The van der Waals surface area contributed by atoms with E-state index in [0.717, 1.165) is 24.3 Å². The van der Waals surface area contributed by atoms with Crippen molar-refractivity contribution in [2.75, 3.05) is 6.61 Å². The molecule has 1 rings (SSSR count). The fraction of sp³-hybridized carbons (Fsp3) is 0.588. The molecule has 0 aliphatic heterocycles. The number of rotatable bonds is 10. The molecule has 0 aliphatic rings. The van der Waals surface area contributed by atoms with Crippen molar-refractivity contribution in [3.63, 3.8) is 0 Å². The summed E-state index contributed by atoms with van der Waals surface area (Å²) in [7, 11) is 0. The van der Waals surface area contributed by atoms with Crippen molar-refractivity contribution < 1.29 is 14.3 Å². The number of hydrogen-bond donors (Lipinski definition) is 0. The topological polar surface area (TPSA) is 35.5 Å². The highest BCUT2D eigenvalue weighted by atomic mass is 80.0. The third-order valence-corrected chi connectivity index (χ3v) is 4.26. The van der Waals surface area contributed by atoms with E-state index in [1.165, 1.54) is 32.1 Å². The fourth-order valence-corrected chi connectivity index (χ4v) is 2.33. The molecule has 0 saturated heterocycles. The van der Waals surface area contributed by atoms with Crippen molar-refractivity contribution in [1.82, 2.24) is 0 Å². The lowest BCUT2D eigenvalue weighted by molar-refractivity contribution is -0.142. The molecule has 0 heterocycles. The summed E-state index contributed by atoms with van der Waals surface area (Å²) in [6, 6.07) is 7.62. The first-order valence-corrected chi connectivity index (χ1v) is 10.3. The molecule has 0 aromatic heterocycles. The maximum atomic E-state index is 11.6. The second kappa shape index (κ2) is 11.5. The highest BCUT2D eigenvalue weighted by Gasteiger charge is 2.30. The zero-order chi connectivity index (χ0) is 17.1. The molecule has 0 atom stereocenters. The van der Waals surface area contributed by atoms with Crippen LogP contribution >= 0.6 is 47.8 Å². The van der Waals surface area contributed by atoms with Gasteiger partial charge in [-0.25, -0.2) is 4.79 Å². The normalized spacial score (nSPS) is 11.3. The molecular weight excluding hydrogens is 492 g/mol. The van der Waals surface area contributed by atoms with Crippen LogP contribution in [-0.4, -0.2) is 14.7 Å². The largest absolute Gasteiger partial charge is 0.494 e. The molecule has 0 amide bonds. The summed E-state index contributed by atoms with van der Waals surface area (Å²) in [5, 5.41) is 0. The summed E-state index contributed by atoms with van der Waals surface area (Å²) in [5.74, 6) is 0.422. The minimum absolute atomic E-state index is 0.223. The van der Waals surface area contributed by atoms with Crippen molar-refractivity contribution in [2.24, 2.45) is 0 Å². The predicted molar refractivity (Wildman–Crippen MR) is 105 cm³/mol. The number of alkyl halides is 3. The van der Waals surface area contributed by atoms with Crippen LogP contribution in [0.3, 0.4) is 0 Å². The van der Waals surface area contributed by atoms with Crippen molar-refractivity contribution in [3.8, 4) is 5.75 Å². The van der Waals surface area contributed by atoms with Crippen LogP contribution in [0.5, 0.6) is 5.75 Å². The monoisotopic (exact) mass is 512 g/mol. The van der Waals surface area contributed by atoms with Gasteiger partial charge in [0.2, 0.25) is 2.14 Å². The van der Waals surface area contributed by atoms with E-state index < -0.39 is 8.11 Å². The molecule has 1 aromatic carbocycles. The summed E-state index contributed by atoms with van der Waals surface area (Å²) in [5.41, 5.74) is 0.919. The quantitative estimate of drug-likeness (QED) is 0.208. The van der Waals surface area contributed by atoms with Gasteiger partial charge in [0.15, 0.2) is 0 Å². The van der Waals surface area contributed by atoms with Crippen molar-refractivity contribution >= 4 is 53.8 Å². The van der Waals surface area contributed by atoms with E-state index in [-0.39, 0.29) is 6.61 Å². The molecule has 0 unspecified atom stereocenters. The third-order valence-electron chi connectivity index (χ3n) is 3.29. The fourth-order valence-electron chi connectivity index (χ4n) is 1.99. The van der Waals surface area contributed by atoms with E-state index >= 15 is 0 Å². The van der Waals surface area contributed by atoms with Crippen LogP contribution in [0.2, 0.25) is 0 Å². The molecule has 0 aliphatic carbocycles. The van der Waals surface area contributed by atoms with Crippen LogP contribution in [0, 0.1) is 0 Å². The van der Waals surface area contributed by atoms with Gasteiger partial charge in [-0.2, -0.15) is 0 Å². The highest BCUT2D eigenvalue weighted by Crippen LogP contribution is 2.34. The molecule has 1 aromatic rings. The molecule has 23 heavy (non-hydrogen) atoms. The molecule has 0 N–H and O–H groups in total. The number of benzene rings is 1. The van der Waals surface area contributed by atoms with Gasteiger partial charge in [0.25, 0.3) is 0 Å². The summed E-state index contributed by atoms with van der Waals surface area (Å²) in [6.45, 7) is 3.20. The molecule has 3 nitrogen and oxygen atoms in total. The summed E-state index contributed by atoms with van der Waals surface area (Å²) >= 11 is 9.37. The van der Waals surface area contributed by atoms with Crippen LogP contribution in [-0.2, 0) is 16.1 Å². The van der Waals surface area contributed by atoms with Gasteiger partial charge in [-0.3, -0.25) is 0 Å². The Kier molecular flexibility index (Phi) is 10.5. The van der Waals surface area contributed by atoms with Gasteiger partial charge in [0.05, 0.1) is 6.61 Å². The average Bonchev–Trinajstić information content (AvgIpc) is 2.52. The maximum Gasteiger partial charge on any atom is 0.345 e. The average molecular weight is 515 g/mol. The number of carbonyl (C=O) groups is 1. The number of halogens is 3. The van der Waals surface area contributed by atoms with Gasteiger partial charge in [-0.15, -0.1) is 0 Å². The Morgan fingerprint density at radius 1 is 1.00 bits per heavy atom. The molecule has 0 saturated carbocycles. The Balaban J connectivity index is 2.22. The molecule has 0 radical (unpaired) electrons. The summed E-state index contributed by atoms with van der Waals surface area (Å²) < 4.78 is 9.85. The van der Waals surface area contributed by atoms with Gasteiger partial charge >= 0.3 is 5.97 Å². The SMILES string of the molecule is CCCCCCCCOc1ccc(COC(=O)C(Br)(Br)Br)cc1. The van der Waals surface area contributed by atoms with Gasteiger partial charge in [0, 0.05) is 0 Å². The van der Waals surface area contributed by atoms with Crippen LogP contribution < -0.4 is 4.74 Å². The highest BCUT2D eigenvalue weighted by molar-refractivity contribution is 9.40. The predicted octanol–water partition coefficient (Wildman–Crippen LogP) is 6.31.